The molecule has 0 radical (unpaired) electrons. The largest absolute Gasteiger partial charge is 0.488 e. The SMILES string of the molecule is CCCCn1nnnc1NCc1ccccc1OCc1ccccc1F. The van der Waals surface area contributed by atoms with Crippen LogP contribution in [-0.4, -0.2) is 20.2 Å². The first-order valence-corrected chi connectivity index (χ1v) is 8.72. The molecule has 0 bridgehead atoms. The van der Waals surface area contributed by atoms with Gasteiger partial charge in [0, 0.05) is 24.2 Å². The van der Waals surface area contributed by atoms with Crippen molar-refractivity contribution in [2.24, 2.45) is 0 Å². The fourth-order valence-corrected chi connectivity index (χ4v) is 2.53. The third-order valence-corrected chi connectivity index (χ3v) is 4.01. The van der Waals surface area contributed by atoms with Crippen LogP contribution < -0.4 is 10.1 Å². The third kappa shape index (κ3) is 4.56. The number of rotatable bonds is 9. The van der Waals surface area contributed by atoms with Crippen LogP contribution in [0.1, 0.15) is 30.9 Å². The number of halogens is 1. The highest BCUT2D eigenvalue weighted by Crippen LogP contribution is 2.21. The van der Waals surface area contributed by atoms with Crippen LogP contribution in [0, 0.1) is 5.82 Å². The van der Waals surface area contributed by atoms with E-state index in [1.165, 1.54) is 6.07 Å². The van der Waals surface area contributed by atoms with Gasteiger partial charge in [0.15, 0.2) is 0 Å². The molecule has 6 nitrogen and oxygen atoms in total. The summed E-state index contributed by atoms with van der Waals surface area (Å²) in [7, 11) is 0. The molecule has 26 heavy (non-hydrogen) atoms. The Labute approximate surface area is 152 Å². The van der Waals surface area contributed by atoms with Crippen molar-refractivity contribution in [1.82, 2.24) is 20.2 Å². The van der Waals surface area contributed by atoms with E-state index in [4.69, 9.17) is 4.74 Å². The molecule has 3 aromatic rings. The van der Waals surface area contributed by atoms with Gasteiger partial charge >= 0.3 is 0 Å². The molecule has 0 aliphatic carbocycles. The van der Waals surface area contributed by atoms with Gasteiger partial charge in [-0.25, -0.2) is 9.07 Å². The molecular formula is C19H22FN5O. The monoisotopic (exact) mass is 355 g/mol. The fraction of sp³-hybridized carbons (Fsp3) is 0.316. The lowest BCUT2D eigenvalue weighted by Crippen LogP contribution is -2.10. The van der Waals surface area contributed by atoms with E-state index in [2.05, 4.69) is 27.8 Å². The molecule has 136 valence electrons. The summed E-state index contributed by atoms with van der Waals surface area (Å²) in [4.78, 5) is 0. The van der Waals surface area contributed by atoms with E-state index in [0.29, 0.717) is 23.8 Å². The van der Waals surface area contributed by atoms with Crippen molar-refractivity contribution in [2.75, 3.05) is 5.32 Å². The molecule has 0 aliphatic rings. The Morgan fingerprint density at radius 2 is 1.85 bits per heavy atom. The minimum absolute atomic E-state index is 0.178. The molecule has 0 spiro atoms. The maximum Gasteiger partial charge on any atom is 0.243 e. The van der Waals surface area contributed by atoms with Gasteiger partial charge in [-0.2, -0.15) is 0 Å². The molecule has 0 saturated heterocycles. The molecule has 0 unspecified atom stereocenters. The molecule has 0 atom stereocenters. The molecule has 3 rings (SSSR count). The molecule has 7 heteroatoms. The van der Waals surface area contributed by atoms with Crippen molar-refractivity contribution in [1.29, 1.82) is 0 Å². The summed E-state index contributed by atoms with van der Waals surface area (Å²) in [5.74, 6) is 1.07. The Morgan fingerprint density at radius 3 is 2.65 bits per heavy atom. The van der Waals surface area contributed by atoms with Gasteiger partial charge in [0.2, 0.25) is 5.95 Å². The van der Waals surface area contributed by atoms with Gasteiger partial charge in [-0.1, -0.05) is 54.8 Å². The maximum absolute atomic E-state index is 13.8. The minimum Gasteiger partial charge on any atom is -0.488 e. The number of hydrogen-bond acceptors (Lipinski definition) is 5. The van der Waals surface area contributed by atoms with Crippen LogP contribution in [0.2, 0.25) is 0 Å². The van der Waals surface area contributed by atoms with Gasteiger partial charge in [-0.15, -0.1) is 0 Å². The average molecular weight is 355 g/mol. The first-order chi connectivity index (χ1) is 12.8. The van der Waals surface area contributed by atoms with E-state index >= 15 is 0 Å². The quantitative estimate of drug-likeness (QED) is 0.632. The van der Waals surface area contributed by atoms with Gasteiger partial charge in [-0.05, 0) is 29.0 Å². The Kier molecular flexibility index (Phi) is 6.14. The lowest BCUT2D eigenvalue weighted by Gasteiger charge is -2.13. The Hall–Kier alpha value is -2.96. The van der Waals surface area contributed by atoms with Gasteiger partial charge < -0.3 is 10.1 Å². The summed E-state index contributed by atoms with van der Waals surface area (Å²) >= 11 is 0. The summed E-state index contributed by atoms with van der Waals surface area (Å²) in [6, 6.07) is 14.3. The van der Waals surface area contributed by atoms with Crippen LogP contribution in [0.3, 0.4) is 0 Å². The highest BCUT2D eigenvalue weighted by molar-refractivity contribution is 5.37. The maximum atomic E-state index is 13.8. The fourth-order valence-electron chi connectivity index (χ4n) is 2.53. The van der Waals surface area contributed by atoms with Gasteiger partial charge in [-0.3, -0.25) is 0 Å². The lowest BCUT2D eigenvalue weighted by molar-refractivity contribution is 0.297. The Morgan fingerprint density at radius 1 is 1.08 bits per heavy atom. The predicted molar refractivity (Wildman–Crippen MR) is 97.2 cm³/mol. The number of para-hydroxylation sites is 1. The third-order valence-electron chi connectivity index (χ3n) is 4.01. The summed E-state index contributed by atoms with van der Waals surface area (Å²) in [6.45, 7) is 3.59. The summed E-state index contributed by atoms with van der Waals surface area (Å²) in [5, 5.41) is 15.0. The normalized spacial score (nSPS) is 10.7. The number of aryl methyl sites for hydroxylation is 1. The van der Waals surface area contributed by atoms with E-state index in [0.717, 1.165) is 24.9 Å². The van der Waals surface area contributed by atoms with Crippen LogP contribution in [0.4, 0.5) is 10.3 Å². The van der Waals surface area contributed by atoms with Crippen LogP contribution in [0.5, 0.6) is 5.75 Å². The second-order valence-electron chi connectivity index (χ2n) is 5.92. The van der Waals surface area contributed by atoms with E-state index in [1.807, 2.05) is 24.3 Å². The molecule has 2 aromatic carbocycles. The van der Waals surface area contributed by atoms with Crippen LogP contribution in [0.25, 0.3) is 0 Å². The number of hydrogen-bond donors (Lipinski definition) is 1. The average Bonchev–Trinajstić information content (AvgIpc) is 3.12. The van der Waals surface area contributed by atoms with Gasteiger partial charge in [0.1, 0.15) is 18.2 Å². The Balaban J connectivity index is 1.64. The summed E-state index contributed by atoms with van der Waals surface area (Å²) in [5.41, 5.74) is 1.48. The summed E-state index contributed by atoms with van der Waals surface area (Å²) in [6.07, 6.45) is 2.09. The smallest absolute Gasteiger partial charge is 0.243 e. The second-order valence-corrected chi connectivity index (χ2v) is 5.92. The molecule has 0 saturated carbocycles. The molecular weight excluding hydrogens is 333 g/mol. The number of anilines is 1. The van der Waals surface area contributed by atoms with Crippen molar-refractivity contribution in [3.05, 3.63) is 65.5 Å². The van der Waals surface area contributed by atoms with Gasteiger partial charge in [0.25, 0.3) is 0 Å². The standard InChI is InChI=1S/C19H22FN5O/c1-2-3-12-25-19(22-23-24-25)21-13-15-8-5-7-11-18(15)26-14-16-9-4-6-10-17(16)20/h4-11H,2-3,12-14H2,1H3,(H,21,22,24). The van der Waals surface area contributed by atoms with E-state index in [9.17, 15) is 4.39 Å². The van der Waals surface area contributed by atoms with E-state index in [1.54, 1.807) is 22.9 Å². The zero-order valence-corrected chi connectivity index (χ0v) is 14.7. The lowest BCUT2D eigenvalue weighted by atomic mass is 10.2. The first kappa shape index (κ1) is 17.8. The van der Waals surface area contributed by atoms with Crippen LogP contribution in [-0.2, 0) is 19.7 Å². The molecule has 0 fully saturated rings. The number of unbranched alkanes of at least 4 members (excludes halogenated alkanes) is 1. The van der Waals surface area contributed by atoms with Crippen LogP contribution >= 0.6 is 0 Å². The van der Waals surface area contributed by atoms with Crippen LogP contribution in [0.15, 0.2) is 48.5 Å². The zero-order valence-electron chi connectivity index (χ0n) is 14.7. The Bertz CT molecular complexity index is 836. The van der Waals surface area contributed by atoms with Crippen molar-refractivity contribution >= 4 is 5.95 Å². The number of nitrogens with zero attached hydrogens (tertiary/aromatic N) is 4. The van der Waals surface area contributed by atoms with Crippen molar-refractivity contribution in [2.45, 2.75) is 39.5 Å². The van der Waals surface area contributed by atoms with E-state index in [-0.39, 0.29) is 12.4 Å². The highest BCUT2D eigenvalue weighted by atomic mass is 19.1. The number of tetrazole rings is 1. The number of ether oxygens (including phenoxy) is 1. The minimum atomic E-state index is -0.266. The molecule has 1 heterocycles. The summed E-state index contributed by atoms with van der Waals surface area (Å²) < 4.78 is 21.3. The van der Waals surface area contributed by atoms with E-state index < -0.39 is 0 Å². The highest BCUT2D eigenvalue weighted by Gasteiger charge is 2.09. The number of nitrogens with one attached hydrogen (secondary N) is 1. The second kappa shape index (κ2) is 8.94. The van der Waals surface area contributed by atoms with Crippen molar-refractivity contribution in [3.63, 3.8) is 0 Å². The molecule has 0 amide bonds. The molecule has 1 N–H and O–H groups in total. The van der Waals surface area contributed by atoms with Crippen molar-refractivity contribution in [3.8, 4) is 5.75 Å². The first-order valence-electron chi connectivity index (χ1n) is 8.72. The molecule has 0 aliphatic heterocycles. The predicted octanol–water partition coefficient (Wildman–Crippen LogP) is 3.80. The van der Waals surface area contributed by atoms with Gasteiger partial charge in [0.05, 0.1) is 0 Å². The van der Waals surface area contributed by atoms with Crippen molar-refractivity contribution < 1.29 is 9.13 Å². The number of benzene rings is 2. The topological polar surface area (TPSA) is 64.9 Å². The number of aromatic nitrogens is 4. The molecule has 1 aromatic heterocycles. The zero-order chi connectivity index (χ0) is 18.2.